The van der Waals surface area contributed by atoms with Gasteiger partial charge in [-0.3, -0.25) is 9.88 Å². The average molecular weight is 471 g/mol. The minimum absolute atomic E-state index is 0.0176. The van der Waals surface area contributed by atoms with E-state index >= 15 is 0 Å². The van der Waals surface area contributed by atoms with E-state index in [1.807, 2.05) is 22.6 Å². The molecule has 1 aliphatic heterocycles. The van der Waals surface area contributed by atoms with E-state index < -0.39 is 42.9 Å². The Morgan fingerprint density at radius 3 is 2.76 bits per heavy atom. The molecule has 0 spiro atoms. The van der Waals surface area contributed by atoms with Crippen molar-refractivity contribution in [1.29, 1.82) is 0 Å². The minimum Gasteiger partial charge on any atom is -0.447 e. The van der Waals surface area contributed by atoms with Crippen LogP contribution in [0.25, 0.3) is 0 Å². The number of amides is 1. The molecule has 0 aromatic carbocycles. The van der Waals surface area contributed by atoms with Crippen LogP contribution in [0.1, 0.15) is 6.23 Å². The van der Waals surface area contributed by atoms with Crippen LogP contribution in [0.2, 0.25) is 0 Å². The van der Waals surface area contributed by atoms with E-state index in [2.05, 4.69) is 10.3 Å². The highest BCUT2D eigenvalue weighted by Crippen LogP contribution is 2.28. The number of hydrogen-bond donors (Lipinski definition) is 4. The summed E-state index contributed by atoms with van der Waals surface area (Å²) in [5.74, 6) is -0.0176. The third-order valence-electron chi connectivity index (χ3n) is 3.44. The molecule has 12 heteroatoms. The van der Waals surface area contributed by atoms with Gasteiger partial charge in [0.2, 0.25) is 0 Å². The van der Waals surface area contributed by atoms with Crippen LogP contribution >= 0.6 is 22.6 Å². The van der Waals surface area contributed by atoms with E-state index in [0.717, 1.165) is 4.57 Å². The number of methoxy groups -OCH3 is 1. The second kappa shape index (κ2) is 8.86. The summed E-state index contributed by atoms with van der Waals surface area (Å²) in [7, 11) is 1.46. The molecule has 1 fully saturated rings. The summed E-state index contributed by atoms with van der Waals surface area (Å²) in [4.78, 5) is 27.5. The van der Waals surface area contributed by atoms with Crippen molar-refractivity contribution in [2.45, 2.75) is 24.5 Å². The first-order valence-electron chi connectivity index (χ1n) is 7.23. The third kappa shape index (κ3) is 4.65. The van der Waals surface area contributed by atoms with Crippen molar-refractivity contribution in [1.82, 2.24) is 9.55 Å². The molecule has 2 heterocycles. The number of nitrogens with one attached hydrogen (secondary N) is 1. The number of hydrogen-bond acceptors (Lipinski definition) is 9. The van der Waals surface area contributed by atoms with Gasteiger partial charge < -0.3 is 29.5 Å². The van der Waals surface area contributed by atoms with Gasteiger partial charge in [-0.05, 0) is 22.6 Å². The summed E-state index contributed by atoms with van der Waals surface area (Å²) >= 11 is 1.83. The van der Waals surface area contributed by atoms with E-state index in [-0.39, 0.29) is 19.0 Å². The van der Waals surface area contributed by atoms with Crippen LogP contribution in [-0.2, 0) is 14.2 Å². The first-order valence-corrected chi connectivity index (χ1v) is 8.30. The number of carbonyl (C=O) groups is 1. The zero-order valence-electron chi connectivity index (χ0n) is 13.2. The Hall–Kier alpha value is -1.32. The summed E-state index contributed by atoms with van der Waals surface area (Å²) in [6, 6.07) is 0. The number of aliphatic hydroxyl groups is 3. The quantitative estimate of drug-likeness (QED) is 0.292. The Balaban J connectivity index is 2.15. The maximum Gasteiger partial charge on any atom is 0.412 e. The summed E-state index contributed by atoms with van der Waals surface area (Å²) < 4.78 is 16.2. The normalized spacial score (nSPS) is 25.8. The second-order valence-electron chi connectivity index (χ2n) is 5.11. The zero-order valence-corrected chi connectivity index (χ0v) is 15.3. The lowest BCUT2D eigenvalue weighted by Gasteiger charge is -2.18. The van der Waals surface area contributed by atoms with Gasteiger partial charge in [-0.15, -0.1) is 0 Å². The molecule has 0 saturated carbocycles. The van der Waals surface area contributed by atoms with Gasteiger partial charge in [-0.1, -0.05) is 0 Å². The lowest BCUT2D eigenvalue weighted by molar-refractivity contribution is -0.0550. The number of anilines is 1. The van der Waals surface area contributed by atoms with Gasteiger partial charge in [-0.25, -0.2) is 9.59 Å². The topological polar surface area (TPSA) is 152 Å². The van der Waals surface area contributed by atoms with Crippen LogP contribution in [0, 0.1) is 3.57 Å². The van der Waals surface area contributed by atoms with E-state index in [1.54, 1.807) is 0 Å². The van der Waals surface area contributed by atoms with Gasteiger partial charge in [0.05, 0.1) is 16.8 Å². The lowest BCUT2D eigenvalue weighted by Crippen LogP contribution is -2.36. The monoisotopic (exact) mass is 471 g/mol. The molecule has 4 atom stereocenters. The molecule has 25 heavy (non-hydrogen) atoms. The molecule has 0 aliphatic carbocycles. The summed E-state index contributed by atoms with van der Waals surface area (Å²) in [6.07, 6.45) is -4.46. The Labute approximate surface area is 155 Å². The Morgan fingerprint density at radius 2 is 2.16 bits per heavy atom. The molecule has 0 radical (unpaired) electrons. The maximum absolute atomic E-state index is 12.2. The first kappa shape index (κ1) is 20.0. The van der Waals surface area contributed by atoms with E-state index in [0.29, 0.717) is 3.57 Å². The van der Waals surface area contributed by atoms with Crippen LogP contribution in [0.4, 0.5) is 10.6 Å². The van der Waals surface area contributed by atoms with Crippen molar-refractivity contribution in [3.05, 3.63) is 20.3 Å². The van der Waals surface area contributed by atoms with Crippen molar-refractivity contribution in [3.8, 4) is 0 Å². The Morgan fingerprint density at radius 1 is 1.44 bits per heavy atom. The van der Waals surface area contributed by atoms with Crippen LogP contribution in [0.15, 0.2) is 11.0 Å². The molecule has 1 unspecified atom stereocenters. The van der Waals surface area contributed by atoms with Gasteiger partial charge in [0.1, 0.15) is 24.9 Å². The fourth-order valence-electron chi connectivity index (χ4n) is 2.18. The summed E-state index contributed by atoms with van der Waals surface area (Å²) in [6.45, 7) is -0.246. The van der Waals surface area contributed by atoms with Gasteiger partial charge in [0.15, 0.2) is 12.0 Å². The molecular formula is C13H18IN3O8. The minimum atomic E-state index is -1.41. The van der Waals surface area contributed by atoms with Gasteiger partial charge in [0.25, 0.3) is 0 Å². The third-order valence-corrected chi connectivity index (χ3v) is 4.23. The second-order valence-corrected chi connectivity index (χ2v) is 6.27. The van der Waals surface area contributed by atoms with Crippen molar-refractivity contribution < 1.29 is 34.3 Å². The van der Waals surface area contributed by atoms with Crippen molar-refractivity contribution >= 4 is 34.5 Å². The van der Waals surface area contributed by atoms with Gasteiger partial charge in [0, 0.05) is 13.3 Å². The zero-order chi connectivity index (χ0) is 18.6. The predicted octanol–water partition coefficient (Wildman–Crippen LogP) is -1.35. The van der Waals surface area contributed by atoms with Crippen LogP contribution in [0.5, 0.6) is 0 Å². The van der Waals surface area contributed by atoms with E-state index in [4.69, 9.17) is 19.3 Å². The molecule has 2 rings (SSSR count). The fourth-order valence-corrected chi connectivity index (χ4v) is 2.73. The number of ether oxygens (including phenoxy) is 3. The number of aliphatic hydroxyl groups excluding tert-OH is 3. The maximum atomic E-state index is 12.2. The molecule has 1 aliphatic rings. The lowest BCUT2D eigenvalue weighted by atomic mass is 10.1. The van der Waals surface area contributed by atoms with Crippen LogP contribution in [-0.4, -0.2) is 76.2 Å². The van der Waals surface area contributed by atoms with Crippen molar-refractivity contribution in [2.24, 2.45) is 0 Å². The van der Waals surface area contributed by atoms with Gasteiger partial charge in [-0.2, -0.15) is 4.98 Å². The Kier molecular flexibility index (Phi) is 7.09. The highest BCUT2D eigenvalue weighted by molar-refractivity contribution is 14.1. The molecule has 1 aromatic rings. The smallest absolute Gasteiger partial charge is 0.412 e. The highest BCUT2D eigenvalue weighted by Gasteiger charge is 2.43. The molecule has 140 valence electrons. The molecule has 11 nitrogen and oxygen atoms in total. The highest BCUT2D eigenvalue weighted by atomic mass is 127. The number of aromatic nitrogens is 2. The molecular weight excluding hydrogens is 453 g/mol. The van der Waals surface area contributed by atoms with E-state index in [1.165, 1.54) is 13.3 Å². The molecule has 4 N–H and O–H groups in total. The molecule has 0 bridgehead atoms. The van der Waals surface area contributed by atoms with Crippen LogP contribution < -0.4 is 11.0 Å². The summed E-state index contributed by atoms with van der Waals surface area (Å²) in [5.41, 5.74) is -0.817. The van der Waals surface area contributed by atoms with E-state index in [9.17, 15) is 19.8 Å². The molecule has 1 aromatic heterocycles. The average Bonchev–Trinajstić information content (AvgIpc) is 2.86. The standard InChI is InChI=1S/C13H18IN3O8/c1-23-2-3-24-13(22)16-10-6(14)4-17(12(21)15-10)11-9(20)8(19)7(5-18)25-11/h4,7-9,11,18-20H,2-3,5H2,1H3,(H,15,16,21,22)/t7-,8-,9-,11?/m1/s1. The molecule has 1 saturated heterocycles. The number of nitrogens with zero attached hydrogens (tertiary/aromatic N) is 2. The summed E-state index contributed by atoms with van der Waals surface area (Å²) in [5, 5.41) is 31.2. The molecule has 1 amide bonds. The largest absolute Gasteiger partial charge is 0.447 e. The Bertz CT molecular complexity index is 669. The number of halogens is 1. The number of carbonyl (C=O) groups excluding carboxylic acids is 1. The fraction of sp³-hybridized carbons (Fsp3) is 0.615. The van der Waals surface area contributed by atoms with Gasteiger partial charge >= 0.3 is 11.8 Å². The van der Waals surface area contributed by atoms with Crippen molar-refractivity contribution in [2.75, 3.05) is 32.2 Å². The number of rotatable bonds is 6. The first-order chi connectivity index (χ1) is 11.9. The van der Waals surface area contributed by atoms with Crippen LogP contribution in [0.3, 0.4) is 0 Å². The van der Waals surface area contributed by atoms with Crippen molar-refractivity contribution in [3.63, 3.8) is 0 Å². The predicted molar refractivity (Wildman–Crippen MR) is 91.1 cm³/mol. The SMILES string of the molecule is COCCOC(=O)Nc1nc(=O)n(C2O[C@H](CO)[C@@H](O)[C@H]2O)cc1I.